The molecule has 0 aliphatic rings. The molecule has 170 valence electrons. The molecule has 4 rings (SSSR count). The van der Waals surface area contributed by atoms with Crippen LogP contribution in [0.5, 0.6) is 11.5 Å². The van der Waals surface area contributed by atoms with Crippen LogP contribution in [0.3, 0.4) is 0 Å². The standard InChI is InChI=1S/C27H27NO4S/c1-16-8-10-21(28-26(16)20-15-33-27-17(2)6-5-7-19(20)27)23(30)12-11-22(29)18-9-13-24(31-3)25(14-18)32-4/h5-10,13-15,23,30H,11-12H2,1-4H3. The monoisotopic (exact) mass is 461 g/mol. The van der Waals surface area contributed by atoms with Crippen LogP contribution in [0.15, 0.2) is 53.9 Å². The third kappa shape index (κ3) is 4.63. The van der Waals surface area contributed by atoms with Gasteiger partial charge in [0.25, 0.3) is 0 Å². The van der Waals surface area contributed by atoms with Crippen molar-refractivity contribution in [2.45, 2.75) is 32.8 Å². The van der Waals surface area contributed by atoms with Crippen LogP contribution in [0.1, 0.15) is 46.1 Å². The quantitative estimate of drug-likeness (QED) is 0.312. The molecule has 5 nitrogen and oxygen atoms in total. The van der Waals surface area contributed by atoms with Crippen LogP contribution in [0, 0.1) is 13.8 Å². The zero-order valence-corrected chi connectivity index (χ0v) is 20.0. The number of pyridine rings is 1. The number of ketones is 1. The first-order valence-corrected chi connectivity index (χ1v) is 11.7. The molecule has 0 spiro atoms. The Morgan fingerprint density at radius 3 is 2.58 bits per heavy atom. The lowest BCUT2D eigenvalue weighted by Gasteiger charge is -2.13. The van der Waals surface area contributed by atoms with E-state index in [1.54, 1.807) is 36.6 Å². The van der Waals surface area contributed by atoms with E-state index in [2.05, 4.69) is 30.5 Å². The van der Waals surface area contributed by atoms with Gasteiger partial charge in [-0.15, -0.1) is 11.3 Å². The SMILES string of the molecule is COc1ccc(C(=O)CCC(O)c2ccc(C)c(-c3csc4c(C)cccc34)n2)cc1OC. The molecule has 1 atom stereocenters. The molecule has 4 aromatic rings. The maximum atomic E-state index is 12.7. The highest BCUT2D eigenvalue weighted by Gasteiger charge is 2.18. The predicted octanol–water partition coefficient (Wildman–Crippen LogP) is 6.29. The van der Waals surface area contributed by atoms with Crippen molar-refractivity contribution >= 4 is 27.2 Å². The molecule has 0 fully saturated rings. The van der Waals surface area contributed by atoms with E-state index < -0.39 is 6.10 Å². The number of ether oxygens (including phenoxy) is 2. The Bertz CT molecular complexity index is 1310. The number of hydrogen-bond donors (Lipinski definition) is 1. The number of carbonyl (C=O) groups excluding carboxylic acids is 1. The van der Waals surface area contributed by atoms with E-state index in [1.807, 2.05) is 19.1 Å². The summed E-state index contributed by atoms with van der Waals surface area (Å²) in [7, 11) is 3.09. The van der Waals surface area contributed by atoms with Gasteiger partial charge in [0.1, 0.15) is 0 Å². The number of fused-ring (bicyclic) bond motifs is 1. The molecule has 0 saturated heterocycles. The highest BCUT2D eigenvalue weighted by molar-refractivity contribution is 7.18. The average molecular weight is 462 g/mol. The molecule has 0 bridgehead atoms. The van der Waals surface area contributed by atoms with Gasteiger partial charge < -0.3 is 14.6 Å². The van der Waals surface area contributed by atoms with E-state index in [0.29, 0.717) is 22.8 Å². The average Bonchev–Trinajstić information content (AvgIpc) is 3.27. The molecule has 1 unspecified atom stereocenters. The van der Waals surface area contributed by atoms with Crippen LogP contribution in [-0.2, 0) is 0 Å². The number of aliphatic hydroxyl groups is 1. The molecule has 1 N–H and O–H groups in total. The van der Waals surface area contributed by atoms with Gasteiger partial charge in [-0.05, 0) is 55.7 Å². The Kier molecular flexibility index (Phi) is 6.77. The summed E-state index contributed by atoms with van der Waals surface area (Å²) >= 11 is 1.71. The minimum atomic E-state index is -0.833. The fourth-order valence-corrected chi connectivity index (χ4v) is 4.99. The molecular formula is C27H27NO4S. The summed E-state index contributed by atoms with van der Waals surface area (Å²) in [6.45, 7) is 4.14. The third-order valence-electron chi connectivity index (χ3n) is 5.86. The number of aromatic nitrogens is 1. The van der Waals surface area contributed by atoms with Crippen LogP contribution in [0.2, 0.25) is 0 Å². The van der Waals surface area contributed by atoms with Gasteiger partial charge >= 0.3 is 0 Å². The Labute approximate surface area is 197 Å². The maximum absolute atomic E-state index is 12.7. The molecule has 2 heterocycles. The van der Waals surface area contributed by atoms with E-state index in [9.17, 15) is 9.90 Å². The smallest absolute Gasteiger partial charge is 0.163 e. The van der Waals surface area contributed by atoms with Crippen LogP contribution in [0.4, 0.5) is 0 Å². The summed E-state index contributed by atoms with van der Waals surface area (Å²) in [6, 6.07) is 15.2. The van der Waals surface area contributed by atoms with Crippen LogP contribution in [-0.4, -0.2) is 30.1 Å². The Hall–Kier alpha value is -3.22. The number of nitrogens with zero attached hydrogens (tertiary/aromatic N) is 1. The summed E-state index contributed by atoms with van der Waals surface area (Å²) in [6.07, 6.45) is -0.353. The summed E-state index contributed by atoms with van der Waals surface area (Å²) in [4.78, 5) is 17.5. The van der Waals surface area contributed by atoms with Gasteiger partial charge in [-0.25, -0.2) is 4.98 Å². The molecule has 2 aromatic carbocycles. The minimum absolute atomic E-state index is 0.0679. The minimum Gasteiger partial charge on any atom is -0.493 e. The number of thiophene rings is 1. The number of carbonyl (C=O) groups is 1. The first-order valence-electron chi connectivity index (χ1n) is 10.8. The lowest BCUT2D eigenvalue weighted by molar-refractivity contribution is 0.0937. The van der Waals surface area contributed by atoms with Crippen molar-refractivity contribution in [1.82, 2.24) is 4.98 Å². The van der Waals surface area contributed by atoms with Crippen molar-refractivity contribution < 1.29 is 19.4 Å². The molecule has 0 radical (unpaired) electrons. The zero-order valence-electron chi connectivity index (χ0n) is 19.2. The second kappa shape index (κ2) is 9.73. The fraction of sp³-hybridized carbons (Fsp3) is 0.259. The van der Waals surface area contributed by atoms with Crippen molar-refractivity contribution in [2.75, 3.05) is 14.2 Å². The second-order valence-corrected chi connectivity index (χ2v) is 8.93. The first-order chi connectivity index (χ1) is 15.9. The van der Waals surface area contributed by atoms with E-state index in [-0.39, 0.29) is 18.6 Å². The van der Waals surface area contributed by atoms with E-state index in [0.717, 1.165) is 16.8 Å². The fourth-order valence-electron chi connectivity index (χ4n) is 3.96. The lowest BCUT2D eigenvalue weighted by Crippen LogP contribution is -2.07. The maximum Gasteiger partial charge on any atom is 0.163 e. The molecule has 0 amide bonds. The molecule has 0 saturated carbocycles. The van der Waals surface area contributed by atoms with Crippen LogP contribution >= 0.6 is 11.3 Å². The summed E-state index contributed by atoms with van der Waals surface area (Å²) in [5.41, 5.74) is 5.33. The van der Waals surface area contributed by atoms with Gasteiger partial charge in [0.2, 0.25) is 0 Å². The highest BCUT2D eigenvalue weighted by atomic mass is 32.1. The van der Waals surface area contributed by atoms with E-state index in [4.69, 9.17) is 14.5 Å². The van der Waals surface area contributed by atoms with Crippen molar-refractivity contribution in [3.05, 3.63) is 76.3 Å². The van der Waals surface area contributed by atoms with Gasteiger partial charge in [-0.2, -0.15) is 0 Å². The van der Waals surface area contributed by atoms with Crippen LogP contribution < -0.4 is 9.47 Å². The Morgan fingerprint density at radius 1 is 1.03 bits per heavy atom. The largest absolute Gasteiger partial charge is 0.493 e. The van der Waals surface area contributed by atoms with Crippen molar-refractivity contribution in [3.63, 3.8) is 0 Å². The summed E-state index contributed by atoms with van der Waals surface area (Å²) < 4.78 is 11.8. The van der Waals surface area contributed by atoms with Gasteiger partial charge in [0.15, 0.2) is 17.3 Å². The lowest BCUT2D eigenvalue weighted by atomic mass is 10.0. The summed E-state index contributed by atoms with van der Waals surface area (Å²) in [5, 5.41) is 14.1. The van der Waals surface area contributed by atoms with Gasteiger partial charge in [-0.3, -0.25) is 4.79 Å². The van der Waals surface area contributed by atoms with Crippen molar-refractivity contribution in [1.29, 1.82) is 0 Å². The van der Waals surface area contributed by atoms with Crippen LogP contribution in [0.25, 0.3) is 21.3 Å². The molecule has 0 aliphatic carbocycles. The molecule has 33 heavy (non-hydrogen) atoms. The number of aliphatic hydroxyl groups excluding tert-OH is 1. The second-order valence-electron chi connectivity index (χ2n) is 8.05. The number of Topliss-reactive ketones (excluding diaryl/α,β-unsaturated/α-hetero) is 1. The Balaban J connectivity index is 1.53. The van der Waals surface area contributed by atoms with Gasteiger partial charge in [0, 0.05) is 33.0 Å². The normalized spacial score (nSPS) is 12.0. The molecule has 6 heteroatoms. The molecule has 2 aromatic heterocycles. The molecular weight excluding hydrogens is 434 g/mol. The zero-order chi connectivity index (χ0) is 23.5. The number of rotatable bonds is 8. The number of hydrogen-bond acceptors (Lipinski definition) is 6. The van der Waals surface area contributed by atoms with E-state index >= 15 is 0 Å². The van der Waals surface area contributed by atoms with Crippen molar-refractivity contribution in [2.24, 2.45) is 0 Å². The predicted molar refractivity (Wildman–Crippen MR) is 133 cm³/mol. The van der Waals surface area contributed by atoms with Crippen molar-refractivity contribution in [3.8, 4) is 22.8 Å². The van der Waals surface area contributed by atoms with E-state index in [1.165, 1.54) is 22.8 Å². The number of methoxy groups -OCH3 is 2. The highest BCUT2D eigenvalue weighted by Crippen LogP contribution is 2.37. The third-order valence-corrected chi connectivity index (χ3v) is 6.99. The number of aryl methyl sites for hydroxylation is 2. The number of benzene rings is 2. The molecule has 0 aliphatic heterocycles. The van der Waals surface area contributed by atoms with Gasteiger partial charge in [0.05, 0.1) is 31.7 Å². The Morgan fingerprint density at radius 2 is 1.82 bits per heavy atom. The van der Waals surface area contributed by atoms with Gasteiger partial charge in [-0.1, -0.05) is 24.3 Å². The first kappa shape index (κ1) is 23.0. The topological polar surface area (TPSA) is 68.7 Å². The summed E-state index contributed by atoms with van der Waals surface area (Å²) in [5.74, 6) is 1.01.